The maximum atomic E-state index is 12.7. The highest BCUT2D eigenvalue weighted by Gasteiger charge is 2.19. The molecule has 0 radical (unpaired) electrons. The van der Waals surface area contributed by atoms with Crippen LogP contribution in [-0.2, 0) is 0 Å². The smallest absolute Gasteiger partial charge is 0.336 e. The number of carbonyl (C=O) groups excluding carboxylic acids is 2. The van der Waals surface area contributed by atoms with E-state index in [1.807, 2.05) is 0 Å². The zero-order valence-electron chi connectivity index (χ0n) is 13.2. The van der Waals surface area contributed by atoms with E-state index < -0.39 is 11.8 Å². The molecule has 0 unspecified atom stereocenters. The summed E-state index contributed by atoms with van der Waals surface area (Å²) >= 11 is 7.40. The van der Waals surface area contributed by atoms with Gasteiger partial charge in [-0.2, -0.15) is 0 Å². The number of anilines is 1. The monoisotopic (exact) mass is 385 g/mol. The highest BCUT2D eigenvalue weighted by atomic mass is 35.5. The molecule has 0 spiro atoms. The Morgan fingerprint density at radius 1 is 0.962 bits per heavy atom. The molecule has 0 aliphatic heterocycles. The van der Waals surface area contributed by atoms with Gasteiger partial charge in [0.15, 0.2) is 5.78 Å². The first-order valence-corrected chi connectivity index (χ1v) is 8.74. The van der Waals surface area contributed by atoms with Crippen molar-refractivity contribution in [3.8, 4) is 0 Å². The van der Waals surface area contributed by atoms with E-state index in [0.717, 1.165) is 0 Å². The van der Waals surface area contributed by atoms with Crippen LogP contribution in [0.15, 0.2) is 60.0 Å². The van der Waals surface area contributed by atoms with Crippen LogP contribution in [0.25, 0.3) is 0 Å². The average molecular weight is 386 g/mol. The van der Waals surface area contributed by atoms with Crippen molar-refractivity contribution in [3.63, 3.8) is 0 Å². The van der Waals surface area contributed by atoms with E-state index >= 15 is 0 Å². The van der Waals surface area contributed by atoms with Crippen molar-refractivity contribution < 1.29 is 19.5 Å². The van der Waals surface area contributed by atoms with E-state index in [1.54, 1.807) is 29.6 Å². The molecule has 130 valence electrons. The molecule has 7 heteroatoms. The third kappa shape index (κ3) is 3.66. The third-order valence-corrected chi connectivity index (χ3v) is 4.82. The van der Waals surface area contributed by atoms with Crippen LogP contribution in [0.2, 0.25) is 5.02 Å². The molecule has 5 nitrogen and oxygen atoms in total. The van der Waals surface area contributed by atoms with Crippen LogP contribution in [0, 0.1) is 0 Å². The van der Waals surface area contributed by atoms with Crippen molar-refractivity contribution >= 4 is 46.3 Å². The van der Waals surface area contributed by atoms with Crippen molar-refractivity contribution in [2.75, 3.05) is 5.32 Å². The summed E-state index contributed by atoms with van der Waals surface area (Å²) in [4.78, 5) is 36.8. The molecule has 0 aliphatic carbocycles. The molecule has 1 amide bonds. The summed E-state index contributed by atoms with van der Waals surface area (Å²) in [5.74, 6) is -1.99. The Balaban J connectivity index is 1.94. The summed E-state index contributed by atoms with van der Waals surface area (Å²) in [5.41, 5.74) is 0.489. The Bertz CT molecular complexity index is 999. The molecule has 0 bridgehead atoms. The summed E-state index contributed by atoms with van der Waals surface area (Å²) in [6.45, 7) is 0. The SMILES string of the molecule is O=C(Nc1cc(C(=O)c2ccccc2C(=O)O)ccc1Cl)c1cccs1. The molecule has 0 aliphatic rings. The van der Waals surface area contributed by atoms with Crippen molar-refractivity contribution in [3.05, 3.63) is 86.6 Å². The van der Waals surface area contributed by atoms with Gasteiger partial charge in [-0.25, -0.2) is 4.79 Å². The van der Waals surface area contributed by atoms with Crippen LogP contribution >= 0.6 is 22.9 Å². The first kappa shape index (κ1) is 17.8. The number of hydrogen-bond donors (Lipinski definition) is 2. The molecule has 2 aromatic carbocycles. The molecule has 0 saturated heterocycles. The Labute approximate surface area is 157 Å². The number of nitrogens with one attached hydrogen (secondary N) is 1. The molecular weight excluding hydrogens is 374 g/mol. The number of thiophene rings is 1. The number of benzene rings is 2. The predicted molar refractivity (Wildman–Crippen MR) is 101 cm³/mol. The quantitative estimate of drug-likeness (QED) is 0.629. The minimum atomic E-state index is -1.19. The maximum Gasteiger partial charge on any atom is 0.336 e. The molecule has 3 aromatic rings. The van der Waals surface area contributed by atoms with Crippen molar-refractivity contribution in [1.82, 2.24) is 0 Å². The molecule has 1 aromatic heterocycles. The number of carbonyl (C=O) groups is 3. The molecule has 2 N–H and O–H groups in total. The van der Waals surface area contributed by atoms with Gasteiger partial charge in [0.1, 0.15) is 0 Å². The fourth-order valence-electron chi connectivity index (χ4n) is 2.38. The fourth-order valence-corrected chi connectivity index (χ4v) is 3.16. The normalized spacial score (nSPS) is 10.3. The van der Waals surface area contributed by atoms with Crippen LogP contribution in [0.1, 0.15) is 36.0 Å². The van der Waals surface area contributed by atoms with Crippen LogP contribution in [0.5, 0.6) is 0 Å². The first-order valence-electron chi connectivity index (χ1n) is 7.49. The van der Waals surface area contributed by atoms with Gasteiger partial charge in [-0.1, -0.05) is 35.9 Å². The number of carboxylic acids is 1. The summed E-state index contributed by atoms with van der Waals surface area (Å²) in [7, 11) is 0. The number of halogens is 1. The van der Waals surface area contributed by atoms with Gasteiger partial charge in [0.2, 0.25) is 0 Å². The summed E-state index contributed by atoms with van der Waals surface area (Å²) < 4.78 is 0. The number of amides is 1. The Hall–Kier alpha value is -2.96. The summed E-state index contributed by atoms with van der Waals surface area (Å²) in [6, 6.07) is 13.8. The molecule has 0 atom stereocenters. The van der Waals surface area contributed by atoms with Crippen molar-refractivity contribution in [2.24, 2.45) is 0 Å². The predicted octanol–water partition coefficient (Wildman–Crippen LogP) is 4.58. The second-order valence-electron chi connectivity index (χ2n) is 5.31. The molecular formula is C19H12ClNO4S. The molecule has 0 fully saturated rings. The van der Waals surface area contributed by atoms with E-state index in [2.05, 4.69) is 5.32 Å². The van der Waals surface area contributed by atoms with Crippen molar-refractivity contribution in [2.45, 2.75) is 0 Å². The fraction of sp³-hybridized carbons (Fsp3) is 0. The lowest BCUT2D eigenvalue weighted by Gasteiger charge is -2.10. The summed E-state index contributed by atoms with van der Waals surface area (Å²) in [6.07, 6.45) is 0. The van der Waals surface area contributed by atoms with E-state index in [1.165, 1.54) is 41.7 Å². The number of hydrogen-bond acceptors (Lipinski definition) is 4. The standard InChI is InChI=1S/C19H12ClNO4S/c20-14-8-7-11(10-15(14)21-18(23)16-6-3-9-26-16)17(22)12-4-1-2-5-13(12)19(24)25/h1-10H,(H,21,23)(H,24,25). The highest BCUT2D eigenvalue weighted by molar-refractivity contribution is 7.12. The van der Waals surface area contributed by atoms with Crippen molar-refractivity contribution in [1.29, 1.82) is 0 Å². The zero-order valence-corrected chi connectivity index (χ0v) is 14.8. The molecule has 3 rings (SSSR count). The van der Waals surface area contributed by atoms with Crippen LogP contribution in [-0.4, -0.2) is 22.8 Å². The lowest BCUT2D eigenvalue weighted by atomic mass is 9.98. The van der Waals surface area contributed by atoms with Gasteiger partial charge in [0.25, 0.3) is 5.91 Å². The van der Waals surface area contributed by atoms with Crippen LogP contribution in [0.3, 0.4) is 0 Å². The second kappa shape index (κ2) is 7.51. The van der Waals surface area contributed by atoms with E-state index in [-0.39, 0.29) is 33.3 Å². The minimum Gasteiger partial charge on any atom is -0.478 e. The lowest BCUT2D eigenvalue weighted by Crippen LogP contribution is -2.12. The number of rotatable bonds is 5. The van der Waals surface area contributed by atoms with Gasteiger partial charge in [0, 0.05) is 11.1 Å². The maximum absolute atomic E-state index is 12.7. The van der Waals surface area contributed by atoms with Gasteiger partial charge in [-0.3, -0.25) is 9.59 Å². The largest absolute Gasteiger partial charge is 0.478 e. The van der Waals surface area contributed by atoms with E-state index in [0.29, 0.717) is 4.88 Å². The highest BCUT2D eigenvalue weighted by Crippen LogP contribution is 2.26. The lowest BCUT2D eigenvalue weighted by molar-refractivity contribution is 0.0692. The molecule has 1 heterocycles. The summed E-state index contributed by atoms with van der Waals surface area (Å²) in [5, 5.41) is 14.0. The zero-order chi connectivity index (χ0) is 18.7. The van der Waals surface area contributed by atoms with Gasteiger partial charge in [0.05, 0.1) is 21.2 Å². The van der Waals surface area contributed by atoms with Gasteiger partial charge in [-0.15, -0.1) is 11.3 Å². The number of aromatic carboxylic acids is 1. The van der Waals surface area contributed by atoms with Gasteiger partial charge >= 0.3 is 5.97 Å². The second-order valence-corrected chi connectivity index (χ2v) is 6.66. The first-order chi connectivity index (χ1) is 12.5. The van der Waals surface area contributed by atoms with Crippen LogP contribution in [0.4, 0.5) is 5.69 Å². The van der Waals surface area contributed by atoms with E-state index in [9.17, 15) is 19.5 Å². The molecule has 0 saturated carbocycles. The Morgan fingerprint density at radius 2 is 1.69 bits per heavy atom. The average Bonchev–Trinajstić information content (AvgIpc) is 3.17. The van der Waals surface area contributed by atoms with E-state index in [4.69, 9.17) is 11.6 Å². The molecule has 26 heavy (non-hydrogen) atoms. The third-order valence-electron chi connectivity index (χ3n) is 3.62. The van der Waals surface area contributed by atoms with Gasteiger partial charge in [-0.05, 0) is 35.7 Å². The number of ketones is 1. The minimum absolute atomic E-state index is 0.0675. The van der Waals surface area contributed by atoms with Gasteiger partial charge < -0.3 is 10.4 Å². The Kier molecular flexibility index (Phi) is 5.16. The topological polar surface area (TPSA) is 83.5 Å². The number of carboxylic acid groups (broad SMARTS) is 1. The Morgan fingerprint density at radius 3 is 2.35 bits per heavy atom. The van der Waals surface area contributed by atoms with Crippen LogP contribution < -0.4 is 5.32 Å².